The summed E-state index contributed by atoms with van der Waals surface area (Å²) >= 11 is 0. The number of fused-ring (bicyclic) bond motifs is 1. The second kappa shape index (κ2) is 13.2. The number of hydrogen-bond donors (Lipinski definition) is 2. The van der Waals surface area contributed by atoms with E-state index in [2.05, 4.69) is 36.4 Å². The molecule has 5 rings (SSSR count). The highest BCUT2D eigenvalue weighted by Gasteiger charge is 2.22. The number of hydrogen-bond acceptors (Lipinski definition) is 6. The number of benzene rings is 3. The molecule has 0 aliphatic carbocycles. The van der Waals surface area contributed by atoms with E-state index < -0.39 is 0 Å². The number of amides is 3. The Labute approximate surface area is 263 Å². The summed E-state index contributed by atoms with van der Waals surface area (Å²) in [5.74, 6) is 1.53. The Balaban J connectivity index is 1.34. The van der Waals surface area contributed by atoms with Gasteiger partial charge in [0.2, 0.25) is 0 Å². The maximum absolute atomic E-state index is 13.4. The van der Waals surface area contributed by atoms with Crippen molar-refractivity contribution < 1.29 is 19.1 Å². The molecule has 0 aliphatic heterocycles. The van der Waals surface area contributed by atoms with Crippen LogP contribution in [0.4, 0.5) is 22.1 Å². The molecule has 232 valence electrons. The van der Waals surface area contributed by atoms with Gasteiger partial charge in [0, 0.05) is 42.6 Å². The van der Waals surface area contributed by atoms with Crippen molar-refractivity contribution in [3.63, 3.8) is 0 Å². The first-order chi connectivity index (χ1) is 21.5. The molecule has 0 bridgehead atoms. The fraction of sp³-hybridized carbons (Fsp3) is 0.257. The van der Waals surface area contributed by atoms with E-state index in [1.54, 1.807) is 17.9 Å². The summed E-state index contributed by atoms with van der Waals surface area (Å²) in [5.41, 5.74) is 4.14. The smallest absolute Gasteiger partial charge is 0.324 e. The number of aromatic nitrogens is 3. The van der Waals surface area contributed by atoms with Gasteiger partial charge in [-0.15, -0.1) is 0 Å². The van der Waals surface area contributed by atoms with Gasteiger partial charge in [-0.1, -0.05) is 62.7 Å². The van der Waals surface area contributed by atoms with Gasteiger partial charge in [-0.25, -0.2) is 14.5 Å². The average molecular weight is 607 g/mol. The number of ether oxygens (including phenoxy) is 2. The van der Waals surface area contributed by atoms with E-state index in [-0.39, 0.29) is 30.6 Å². The zero-order valence-electron chi connectivity index (χ0n) is 26.4. The number of nitrogens with zero attached hydrogens (tertiary/aromatic N) is 4. The Morgan fingerprint density at radius 1 is 0.933 bits per heavy atom. The van der Waals surface area contributed by atoms with Crippen LogP contribution in [0.25, 0.3) is 16.5 Å². The Hall–Kier alpha value is -5.22. The molecular formula is C35H38N6O4. The number of methoxy groups -OCH3 is 1. The Bertz CT molecular complexity index is 1820. The summed E-state index contributed by atoms with van der Waals surface area (Å²) in [6.45, 7) is 8.53. The van der Waals surface area contributed by atoms with Gasteiger partial charge < -0.3 is 14.8 Å². The molecule has 3 amide bonds. The highest BCUT2D eigenvalue weighted by atomic mass is 16.5. The standard InChI is InChI=1S/C35H38N6O4/c1-23-11-13-25(14-12-23)41-32(20-30(39-41)35(2,3)4)38-34(43)37-28-15-16-29(27-10-8-7-9-26(27)28)45-21-24-17-18-36-31(19-24)40(5)33(42)22-44-6/h7-20H,21-22H2,1-6H3,(H2,37,38,43). The Kier molecular flexibility index (Phi) is 9.15. The molecule has 3 aromatic carbocycles. The fourth-order valence-corrected chi connectivity index (χ4v) is 4.74. The third-order valence-corrected chi connectivity index (χ3v) is 7.32. The summed E-state index contributed by atoms with van der Waals surface area (Å²) in [7, 11) is 3.13. The number of anilines is 3. The first-order valence-corrected chi connectivity index (χ1v) is 14.6. The molecule has 0 saturated heterocycles. The van der Waals surface area contributed by atoms with Crippen molar-refractivity contribution in [2.75, 3.05) is 36.3 Å². The Morgan fingerprint density at radius 2 is 1.67 bits per heavy atom. The second-order valence-corrected chi connectivity index (χ2v) is 11.8. The molecule has 0 atom stereocenters. The van der Waals surface area contributed by atoms with Gasteiger partial charge in [0.1, 0.15) is 30.6 Å². The summed E-state index contributed by atoms with van der Waals surface area (Å²) in [6.07, 6.45) is 1.64. The molecule has 10 heteroatoms. The fourth-order valence-electron chi connectivity index (χ4n) is 4.74. The van der Waals surface area contributed by atoms with Crippen molar-refractivity contribution in [1.29, 1.82) is 0 Å². The van der Waals surface area contributed by atoms with Crippen LogP contribution < -0.4 is 20.3 Å². The predicted octanol–water partition coefficient (Wildman–Crippen LogP) is 6.86. The zero-order valence-corrected chi connectivity index (χ0v) is 26.4. The van der Waals surface area contributed by atoms with E-state index in [1.165, 1.54) is 12.0 Å². The highest BCUT2D eigenvalue weighted by molar-refractivity contribution is 6.07. The van der Waals surface area contributed by atoms with Crippen molar-refractivity contribution in [2.24, 2.45) is 0 Å². The van der Waals surface area contributed by atoms with Gasteiger partial charge in [-0.2, -0.15) is 5.10 Å². The summed E-state index contributed by atoms with van der Waals surface area (Å²) < 4.78 is 12.9. The first-order valence-electron chi connectivity index (χ1n) is 14.6. The molecule has 10 nitrogen and oxygen atoms in total. The van der Waals surface area contributed by atoms with Crippen molar-refractivity contribution in [2.45, 2.75) is 39.7 Å². The molecule has 0 unspecified atom stereocenters. The number of urea groups is 1. The number of nitrogens with one attached hydrogen (secondary N) is 2. The lowest BCUT2D eigenvalue weighted by Gasteiger charge is -2.17. The molecular weight excluding hydrogens is 568 g/mol. The number of carbonyl (C=O) groups is 2. The van der Waals surface area contributed by atoms with Gasteiger partial charge in [0.25, 0.3) is 5.91 Å². The molecule has 5 aromatic rings. The minimum atomic E-state index is -0.390. The summed E-state index contributed by atoms with van der Waals surface area (Å²) in [6, 6.07) is 24.6. The lowest BCUT2D eigenvalue weighted by atomic mass is 9.92. The quantitative estimate of drug-likeness (QED) is 0.190. The molecule has 2 N–H and O–H groups in total. The minimum Gasteiger partial charge on any atom is -0.488 e. The molecule has 0 radical (unpaired) electrons. The van der Waals surface area contributed by atoms with E-state index in [0.29, 0.717) is 23.1 Å². The summed E-state index contributed by atoms with van der Waals surface area (Å²) in [5, 5.41) is 12.5. The van der Waals surface area contributed by atoms with Crippen molar-refractivity contribution in [3.8, 4) is 11.4 Å². The maximum atomic E-state index is 13.4. The van der Waals surface area contributed by atoms with Gasteiger partial charge in [0.15, 0.2) is 0 Å². The topological polar surface area (TPSA) is 111 Å². The second-order valence-electron chi connectivity index (χ2n) is 11.8. The van der Waals surface area contributed by atoms with Crippen LogP contribution >= 0.6 is 0 Å². The van der Waals surface area contributed by atoms with E-state index in [9.17, 15) is 9.59 Å². The molecule has 0 aliphatic rings. The van der Waals surface area contributed by atoms with Gasteiger partial charge in [-0.3, -0.25) is 15.0 Å². The number of rotatable bonds is 9. The van der Waals surface area contributed by atoms with Gasteiger partial charge in [0.05, 0.1) is 17.1 Å². The number of aryl methyl sites for hydroxylation is 1. The van der Waals surface area contributed by atoms with Crippen LogP contribution in [0.15, 0.2) is 85.1 Å². The van der Waals surface area contributed by atoms with Crippen LogP contribution in [0, 0.1) is 6.92 Å². The van der Waals surface area contributed by atoms with E-state index in [1.807, 2.05) is 85.8 Å². The van der Waals surface area contributed by atoms with Gasteiger partial charge in [-0.05, 0) is 48.9 Å². The lowest BCUT2D eigenvalue weighted by molar-refractivity contribution is -0.121. The maximum Gasteiger partial charge on any atom is 0.324 e. The van der Waals surface area contributed by atoms with Crippen LogP contribution in [0.1, 0.15) is 37.6 Å². The number of carbonyl (C=O) groups excluding carboxylic acids is 2. The normalized spacial score (nSPS) is 11.3. The highest BCUT2D eigenvalue weighted by Crippen LogP contribution is 2.33. The van der Waals surface area contributed by atoms with Crippen LogP contribution in [-0.2, 0) is 21.6 Å². The van der Waals surface area contributed by atoms with Crippen molar-refractivity contribution >= 4 is 40.0 Å². The third kappa shape index (κ3) is 7.30. The van der Waals surface area contributed by atoms with E-state index >= 15 is 0 Å². The lowest BCUT2D eigenvalue weighted by Crippen LogP contribution is -2.30. The van der Waals surface area contributed by atoms with E-state index in [4.69, 9.17) is 14.6 Å². The minimum absolute atomic E-state index is 0.0301. The molecule has 0 saturated carbocycles. The average Bonchev–Trinajstić information content (AvgIpc) is 3.45. The zero-order chi connectivity index (χ0) is 32.1. The van der Waals surface area contributed by atoms with Crippen LogP contribution in [-0.4, -0.2) is 47.5 Å². The Morgan fingerprint density at radius 3 is 2.38 bits per heavy atom. The van der Waals surface area contributed by atoms with Crippen LogP contribution in [0.5, 0.6) is 5.75 Å². The van der Waals surface area contributed by atoms with Crippen LogP contribution in [0.3, 0.4) is 0 Å². The molecule has 2 heterocycles. The predicted molar refractivity (Wildman–Crippen MR) is 177 cm³/mol. The number of pyridine rings is 1. The van der Waals surface area contributed by atoms with Crippen molar-refractivity contribution in [1.82, 2.24) is 14.8 Å². The molecule has 2 aromatic heterocycles. The van der Waals surface area contributed by atoms with Crippen molar-refractivity contribution in [3.05, 3.63) is 102 Å². The molecule has 0 spiro atoms. The van der Waals surface area contributed by atoms with E-state index in [0.717, 1.165) is 33.3 Å². The third-order valence-electron chi connectivity index (χ3n) is 7.32. The molecule has 45 heavy (non-hydrogen) atoms. The molecule has 0 fully saturated rings. The number of likely N-dealkylation sites (N-methyl/N-ethyl adjacent to an activating group) is 1. The largest absolute Gasteiger partial charge is 0.488 e. The first kappa shape index (κ1) is 31.2. The monoisotopic (exact) mass is 606 g/mol. The van der Waals surface area contributed by atoms with Crippen LogP contribution in [0.2, 0.25) is 0 Å². The van der Waals surface area contributed by atoms with Gasteiger partial charge >= 0.3 is 6.03 Å². The summed E-state index contributed by atoms with van der Waals surface area (Å²) in [4.78, 5) is 31.3. The SMILES string of the molecule is COCC(=O)N(C)c1cc(COc2ccc(NC(=O)Nc3cc(C(C)(C)C)nn3-c3ccc(C)cc3)c3ccccc23)ccn1.